The maximum atomic E-state index is 14.5. The molecule has 3 fully saturated rings. The number of ether oxygens (including phenoxy) is 5. The van der Waals surface area contributed by atoms with E-state index in [-0.39, 0.29) is 50.5 Å². The van der Waals surface area contributed by atoms with E-state index in [0.717, 1.165) is 16.7 Å². The van der Waals surface area contributed by atoms with Crippen molar-refractivity contribution >= 4 is 14.4 Å². The van der Waals surface area contributed by atoms with Crippen molar-refractivity contribution in [1.82, 2.24) is 29.1 Å². The highest BCUT2D eigenvalue weighted by molar-refractivity contribution is 7.44. The molecule has 0 bridgehead atoms. The minimum atomic E-state index is -1.79. The van der Waals surface area contributed by atoms with Gasteiger partial charge >= 0.3 is 11.4 Å². The number of hydrogen-bond donors (Lipinski definition) is 3. The molecule has 382 valence electrons. The Bertz CT molecular complexity index is 2920. The highest BCUT2D eigenvalue weighted by Crippen LogP contribution is 2.57. The molecule has 1 unspecified atom stereocenters. The predicted molar refractivity (Wildman–Crippen MR) is 266 cm³/mol. The molecule has 3 N–H and O–H groups in total. The molecule has 3 aromatic carbocycles. The van der Waals surface area contributed by atoms with Gasteiger partial charge in [0.25, 0.3) is 19.6 Å². The summed E-state index contributed by atoms with van der Waals surface area (Å²) >= 11 is 0. The molecule has 2 aromatic heterocycles. The van der Waals surface area contributed by atoms with Gasteiger partial charge < -0.3 is 38.0 Å². The van der Waals surface area contributed by atoms with Gasteiger partial charge in [0, 0.05) is 59.9 Å². The van der Waals surface area contributed by atoms with Gasteiger partial charge in [0.05, 0.1) is 64.7 Å². The molecule has 4 heterocycles. The Labute approximate surface area is 417 Å². The Hall–Kier alpha value is -6.23. The van der Waals surface area contributed by atoms with Crippen LogP contribution in [0.1, 0.15) is 87.2 Å². The van der Waals surface area contributed by atoms with Crippen molar-refractivity contribution in [1.29, 1.82) is 5.26 Å². The molecule has 0 spiro atoms. The third-order valence-electron chi connectivity index (χ3n) is 13.5. The number of carbonyl (C=O) groups excluding carboxylic acids is 1. The number of nitriles is 1. The second kappa shape index (κ2) is 22.3. The van der Waals surface area contributed by atoms with Crippen molar-refractivity contribution in [2.45, 2.75) is 115 Å². The van der Waals surface area contributed by atoms with Crippen LogP contribution in [0.15, 0.2) is 110 Å². The standard InChI is InChI=1S/C52H62N7O12P/c1-30(2)59(31(3)4)72(68-24-12-23-53)71-40-26-43(57-27-32(5)47(61)55-50(57)63)69-39(40)25-42(60)54-46-44-41(70-49(45(44)46)58-28-33(6)48(62)56-51(58)64)29-67-52(34-13-10-9-11-14-34,35-15-19-37(65-7)20-16-35)36-17-21-38(66-8)22-18-36/h9-11,13-22,27-28,30-31,39-41,43-46,49H,12,24-26,29H2,1-8H3,(H,54,60)(H,55,61,63)(H,56,62,64)/t39-,40+,41-,43-,44-,45+,46+,49-,72?/m1/s1. The second-order valence-electron chi connectivity index (χ2n) is 18.8. The summed E-state index contributed by atoms with van der Waals surface area (Å²) in [7, 11) is 1.42. The lowest BCUT2D eigenvalue weighted by molar-refractivity contribution is -0.127. The summed E-state index contributed by atoms with van der Waals surface area (Å²) < 4.78 is 49.3. The van der Waals surface area contributed by atoms with Crippen LogP contribution in [0.5, 0.6) is 11.5 Å². The Morgan fingerprint density at radius 2 is 1.36 bits per heavy atom. The molecule has 5 aromatic rings. The van der Waals surface area contributed by atoms with Crippen molar-refractivity contribution in [3.63, 3.8) is 0 Å². The summed E-state index contributed by atoms with van der Waals surface area (Å²) in [6, 6.07) is 26.6. The van der Waals surface area contributed by atoms with Crippen LogP contribution in [0, 0.1) is 37.0 Å². The Balaban J connectivity index is 1.11. The average molecular weight is 1010 g/mol. The smallest absolute Gasteiger partial charge is 0.330 e. The molecule has 2 aliphatic heterocycles. The molecule has 1 aliphatic carbocycles. The number of nitrogens with one attached hydrogen (secondary N) is 3. The lowest BCUT2D eigenvalue weighted by atomic mass is 9.80. The highest BCUT2D eigenvalue weighted by Gasteiger charge is 2.66. The number of fused-ring (bicyclic) bond motifs is 1. The van der Waals surface area contributed by atoms with Crippen molar-refractivity contribution in [3.8, 4) is 17.6 Å². The maximum Gasteiger partial charge on any atom is 0.330 e. The average Bonchev–Trinajstić information content (AvgIpc) is 3.69. The maximum absolute atomic E-state index is 14.5. The normalized spacial score (nSPS) is 23.0. The lowest BCUT2D eigenvalue weighted by Crippen LogP contribution is -2.41. The first kappa shape index (κ1) is 52.1. The Morgan fingerprint density at radius 3 is 1.92 bits per heavy atom. The Kier molecular flexibility index (Phi) is 16.1. The number of benzene rings is 3. The van der Waals surface area contributed by atoms with Gasteiger partial charge in [-0.25, -0.2) is 14.3 Å². The van der Waals surface area contributed by atoms with Gasteiger partial charge in [-0.3, -0.25) is 33.5 Å². The van der Waals surface area contributed by atoms with Crippen LogP contribution in [-0.4, -0.2) is 93.6 Å². The molecule has 20 heteroatoms. The van der Waals surface area contributed by atoms with E-state index in [1.54, 1.807) is 28.1 Å². The summed E-state index contributed by atoms with van der Waals surface area (Å²) in [4.78, 5) is 70.9. The fraction of sp³-hybridized carbons (Fsp3) is 0.462. The van der Waals surface area contributed by atoms with Crippen LogP contribution >= 0.6 is 8.53 Å². The molecule has 19 nitrogen and oxygen atoms in total. The number of aryl methyl sites for hydroxylation is 2. The predicted octanol–water partition coefficient (Wildman–Crippen LogP) is 5.70. The molecule has 0 radical (unpaired) electrons. The zero-order valence-corrected chi connectivity index (χ0v) is 42.5. The fourth-order valence-electron chi connectivity index (χ4n) is 10.0. The number of hydrogen-bond acceptors (Lipinski definition) is 14. The van der Waals surface area contributed by atoms with E-state index in [1.165, 1.54) is 21.5 Å². The van der Waals surface area contributed by atoms with Crippen LogP contribution < -0.4 is 37.3 Å². The molecule has 1 saturated carbocycles. The van der Waals surface area contributed by atoms with Crippen molar-refractivity contribution in [2.75, 3.05) is 27.4 Å². The van der Waals surface area contributed by atoms with Gasteiger partial charge in [0.15, 0.2) is 0 Å². The monoisotopic (exact) mass is 1010 g/mol. The van der Waals surface area contributed by atoms with Crippen LogP contribution in [0.4, 0.5) is 0 Å². The van der Waals surface area contributed by atoms with Gasteiger partial charge in [-0.15, -0.1) is 0 Å². The summed E-state index contributed by atoms with van der Waals surface area (Å²) in [5.74, 6) is 0.160. The third-order valence-corrected chi connectivity index (χ3v) is 15.7. The van der Waals surface area contributed by atoms with Crippen molar-refractivity contribution in [2.24, 2.45) is 11.8 Å². The summed E-state index contributed by atoms with van der Waals surface area (Å²) in [5, 5.41) is 12.6. The van der Waals surface area contributed by atoms with Gasteiger partial charge in [0.1, 0.15) is 29.6 Å². The van der Waals surface area contributed by atoms with E-state index in [0.29, 0.717) is 22.6 Å². The van der Waals surface area contributed by atoms with Gasteiger partial charge in [-0.2, -0.15) is 5.26 Å². The number of aromatic amines is 2. The number of methoxy groups -OCH3 is 2. The minimum Gasteiger partial charge on any atom is -0.497 e. The Morgan fingerprint density at radius 1 is 0.806 bits per heavy atom. The van der Waals surface area contributed by atoms with Gasteiger partial charge in [-0.1, -0.05) is 54.6 Å². The molecule has 1 amide bonds. The summed E-state index contributed by atoms with van der Waals surface area (Å²) in [6.45, 7) is 11.3. The van der Waals surface area contributed by atoms with Crippen molar-refractivity contribution in [3.05, 3.63) is 161 Å². The molecule has 3 aliphatic rings. The molecule has 2 saturated heterocycles. The number of carbonyl (C=O) groups is 1. The lowest BCUT2D eigenvalue weighted by Gasteiger charge is -2.37. The van der Waals surface area contributed by atoms with E-state index in [1.807, 2.05) is 107 Å². The third kappa shape index (κ3) is 10.8. The SMILES string of the molecule is COc1ccc(C(OC[C@H]2O[C@@H](n3cc(C)c(=O)[nH]c3=O)[C@@H]3[C@@H](NC(=O)C[C@H]4O[C@@H](n5cc(C)c(=O)[nH]c5=O)C[C@@H]4OP(OCCC#N)N(C(C)C)C(C)C)[C@@H]32)(c2ccccc2)c2ccc(OC)cc2)cc1. The number of nitrogens with zero attached hydrogens (tertiary/aromatic N) is 4. The van der Waals surface area contributed by atoms with E-state index >= 15 is 0 Å². The van der Waals surface area contributed by atoms with Gasteiger partial charge in [-0.05, 0) is 82.5 Å². The largest absolute Gasteiger partial charge is 0.497 e. The first-order valence-corrected chi connectivity index (χ1v) is 25.2. The van der Waals surface area contributed by atoms with Crippen LogP contribution in [0.2, 0.25) is 0 Å². The zero-order chi connectivity index (χ0) is 51.4. The quantitative estimate of drug-likeness (QED) is 0.0455. The fourth-order valence-corrected chi connectivity index (χ4v) is 11.8. The van der Waals surface area contributed by atoms with Crippen molar-refractivity contribution < 1.29 is 37.5 Å². The van der Waals surface area contributed by atoms with Crippen LogP contribution in [-0.2, 0) is 33.7 Å². The number of H-pyrrole nitrogens is 2. The number of amides is 1. The topological polar surface area (TPSA) is 230 Å². The molecule has 72 heavy (non-hydrogen) atoms. The second-order valence-corrected chi connectivity index (χ2v) is 20.3. The molecular formula is C52H62N7O12P. The zero-order valence-electron chi connectivity index (χ0n) is 41.6. The van der Waals surface area contributed by atoms with E-state index in [2.05, 4.69) is 26.0 Å². The molecular weight excluding hydrogens is 946 g/mol. The van der Waals surface area contributed by atoms with E-state index in [4.69, 9.17) is 32.7 Å². The minimum absolute atomic E-state index is 0.00228. The number of aromatic nitrogens is 4. The van der Waals surface area contributed by atoms with Gasteiger partial charge in [0.2, 0.25) is 5.91 Å². The summed E-state index contributed by atoms with van der Waals surface area (Å²) in [5.41, 5.74) is -0.553. The highest BCUT2D eigenvalue weighted by atomic mass is 31.2. The van der Waals surface area contributed by atoms with Crippen LogP contribution in [0.25, 0.3) is 0 Å². The number of rotatable bonds is 21. The molecule has 8 rings (SSSR count). The van der Waals surface area contributed by atoms with E-state index < -0.39 is 85.3 Å². The summed E-state index contributed by atoms with van der Waals surface area (Å²) in [6.07, 6.45) is -1.17. The first-order valence-electron chi connectivity index (χ1n) is 24.1. The first-order chi connectivity index (χ1) is 34.6. The van der Waals surface area contributed by atoms with E-state index in [9.17, 15) is 29.2 Å². The molecule has 9 atom stereocenters. The van der Waals surface area contributed by atoms with Crippen LogP contribution in [0.3, 0.4) is 0 Å².